The molecule has 0 radical (unpaired) electrons. The second-order valence-electron chi connectivity index (χ2n) is 8.32. The lowest BCUT2D eigenvalue weighted by molar-refractivity contribution is -0.116. The highest BCUT2D eigenvalue weighted by atomic mass is 16.2. The van der Waals surface area contributed by atoms with Crippen LogP contribution in [-0.2, 0) is 11.2 Å². The van der Waals surface area contributed by atoms with E-state index in [0.29, 0.717) is 18.4 Å². The predicted octanol–water partition coefficient (Wildman–Crippen LogP) is 4.49. The molecule has 1 aliphatic rings. The number of anilines is 1. The molecule has 0 unspecified atom stereocenters. The highest BCUT2D eigenvalue weighted by Crippen LogP contribution is 2.34. The van der Waals surface area contributed by atoms with Crippen molar-refractivity contribution in [1.82, 2.24) is 19.9 Å². The first kappa shape index (κ1) is 20.1. The number of carbonyl (C=O) groups is 2. The molecule has 3 aromatic carbocycles. The zero-order chi connectivity index (χ0) is 23.2. The summed E-state index contributed by atoms with van der Waals surface area (Å²) in [6.07, 6.45) is 2.95. The molecule has 0 atom stereocenters. The minimum Gasteiger partial charge on any atom is -0.355 e. The minimum absolute atomic E-state index is 0.0407. The Labute approximate surface area is 195 Å². The van der Waals surface area contributed by atoms with Crippen LogP contribution < -0.4 is 10.6 Å². The van der Waals surface area contributed by atoms with Crippen molar-refractivity contribution in [2.45, 2.75) is 12.8 Å². The molecule has 0 fully saturated rings. The molecule has 0 aliphatic carbocycles. The molecule has 1 aliphatic heterocycles. The number of hydrogen-bond acceptors (Lipinski definition) is 4. The Morgan fingerprint density at radius 2 is 1.88 bits per heavy atom. The summed E-state index contributed by atoms with van der Waals surface area (Å²) >= 11 is 0. The Balaban J connectivity index is 1.63. The second kappa shape index (κ2) is 7.81. The van der Waals surface area contributed by atoms with Crippen molar-refractivity contribution in [3.05, 3.63) is 84.1 Å². The summed E-state index contributed by atoms with van der Waals surface area (Å²) in [7, 11) is 1.62. The molecule has 2 amide bonds. The molecule has 34 heavy (non-hydrogen) atoms. The Bertz CT molecular complexity index is 1610. The van der Waals surface area contributed by atoms with E-state index in [9.17, 15) is 9.59 Å². The second-order valence-corrected chi connectivity index (χ2v) is 8.32. The highest BCUT2D eigenvalue weighted by molar-refractivity contribution is 6.00. The number of hydrogen-bond donors (Lipinski definition) is 2. The van der Waals surface area contributed by atoms with Gasteiger partial charge in [0.25, 0.3) is 5.91 Å². The predicted molar refractivity (Wildman–Crippen MR) is 132 cm³/mol. The Hall–Kier alpha value is -4.52. The fourth-order valence-electron chi connectivity index (χ4n) is 4.61. The normalized spacial score (nSPS) is 13.0. The van der Waals surface area contributed by atoms with Crippen LogP contribution in [0.3, 0.4) is 0 Å². The monoisotopic (exact) mass is 447 g/mol. The molecule has 166 valence electrons. The molecule has 5 aromatic rings. The molecule has 7 nitrogen and oxygen atoms in total. The lowest BCUT2D eigenvalue weighted by atomic mass is 10.0. The van der Waals surface area contributed by atoms with Gasteiger partial charge in [0.15, 0.2) is 0 Å². The summed E-state index contributed by atoms with van der Waals surface area (Å²) in [5, 5.41) is 6.62. The van der Waals surface area contributed by atoms with Crippen molar-refractivity contribution in [2.75, 3.05) is 12.4 Å². The quantitative estimate of drug-likeness (QED) is 0.427. The number of para-hydroxylation sites is 1. The van der Waals surface area contributed by atoms with Gasteiger partial charge in [-0.05, 0) is 60.5 Å². The van der Waals surface area contributed by atoms with Gasteiger partial charge in [-0.2, -0.15) is 0 Å². The van der Waals surface area contributed by atoms with E-state index in [-0.39, 0.29) is 11.8 Å². The number of fused-ring (bicyclic) bond motifs is 3. The Morgan fingerprint density at radius 3 is 2.76 bits per heavy atom. The van der Waals surface area contributed by atoms with Gasteiger partial charge in [0.1, 0.15) is 5.82 Å². The summed E-state index contributed by atoms with van der Waals surface area (Å²) in [6, 6.07) is 21.6. The van der Waals surface area contributed by atoms with Gasteiger partial charge in [-0.3, -0.25) is 19.1 Å². The van der Waals surface area contributed by atoms with E-state index >= 15 is 0 Å². The van der Waals surface area contributed by atoms with Crippen LogP contribution in [-0.4, -0.2) is 33.4 Å². The molecule has 6 rings (SSSR count). The largest absolute Gasteiger partial charge is 0.355 e. The maximum Gasteiger partial charge on any atom is 0.251 e. The molecule has 7 heteroatoms. The van der Waals surface area contributed by atoms with Gasteiger partial charge in [-0.15, -0.1) is 0 Å². The molecular weight excluding hydrogens is 426 g/mol. The van der Waals surface area contributed by atoms with Crippen molar-refractivity contribution in [1.29, 1.82) is 0 Å². The van der Waals surface area contributed by atoms with Gasteiger partial charge in [-0.1, -0.05) is 18.2 Å². The van der Waals surface area contributed by atoms with E-state index < -0.39 is 0 Å². The van der Waals surface area contributed by atoms with Crippen LogP contribution >= 0.6 is 0 Å². The van der Waals surface area contributed by atoms with Gasteiger partial charge in [0, 0.05) is 47.6 Å². The van der Waals surface area contributed by atoms with Crippen LogP contribution in [0, 0.1) is 0 Å². The number of amides is 2. The van der Waals surface area contributed by atoms with Gasteiger partial charge in [0.2, 0.25) is 5.91 Å². The third-order valence-corrected chi connectivity index (χ3v) is 6.28. The molecule has 0 saturated heterocycles. The molecule has 0 bridgehead atoms. The smallest absolute Gasteiger partial charge is 0.251 e. The third kappa shape index (κ3) is 3.21. The molecule has 0 saturated carbocycles. The van der Waals surface area contributed by atoms with Crippen molar-refractivity contribution in [3.8, 4) is 17.1 Å². The number of imidazole rings is 1. The summed E-state index contributed by atoms with van der Waals surface area (Å²) < 4.78 is 2.11. The van der Waals surface area contributed by atoms with E-state index in [1.807, 2.05) is 60.7 Å². The van der Waals surface area contributed by atoms with Crippen LogP contribution in [0.25, 0.3) is 39.0 Å². The molecule has 2 N–H and O–H groups in total. The summed E-state index contributed by atoms with van der Waals surface area (Å²) in [5.74, 6) is 0.651. The SMILES string of the molecule is CNC(=O)c1ccc2c(c1)nc(-c1ccnc3ccccc13)n2-c1ccc2c(c1)CCC(=O)N2. The lowest BCUT2D eigenvalue weighted by Gasteiger charge is -2.19. The van der Waals surface area contributed by atoms with Gasteiger partial charge in [0.05, 0.1) is 16.6 Å². The zero-order valence-corrected chi connectivity index (χ0v) is 18.5. The van der Waals surface area contributed by atoms with E-state index in [1.54, 1.807) is 13.2 Å². The first-order valence-electron chi connectivity index (χ1n) is 11.1. The topological polar surface area (TPSA) is 88.9 Å². The van der Waals surface area contributed by atoms with E-state index in [1.165, 1.54) is 0 Å². The number of pyridine rings is 1. The van der Waals surface area contributed by atoms with Crippen LogP contribution in [0.15, 0.2) is 72.9 Å². The van der Waals surface area contributed by atoms with Gasteiger partial charge < -0.3 is 10.6 Å². The lowest BCUT2D eigenvalue weighted by Crippen LogP contribution is -2.19. The van der Waals surface area contributed by atoms with Gasteiger partial charge >= 0.3 is 0 Å². The first-order valence-corrected chi connectivity index (χ1v) is 11.1. The Morgan fingerprint density at radius 1 is 1.00 bits per heavy atom. The van der Waals surface area contributed by atoms with Crippen LogP contribution in [0.4, 0.5) is 5.69 Å². The number of nitrogens with one attached hydrogen (secondary N) is 2. The fourth-order valence-corrected chi connectivity index (χ4v) is 4.61. The highest BCUT2D eigenvalue weighted by Gasteiger charge is 2.20. The summed E-state index contributed by atoms with van der Waals surface area (Å²) in [5.41, 5.74) is 6.90. The summed E-state index contributed by atoms with van der Waals surface area (Å²) in [6.45, 7) is 0. The first-order chi connectivity index (χ1) is 16.6. The number of nitrogens with zero attached hydrogens (tertiary/aromatic N) is 3. The number of benzene rings is 3. The molecule has 2 aromatic heterocycles. The number of rotatable bonds is 3. The minimum atomic E-state index is -0.156. The van der Waals surface area contributed by atoms with Crippen molar-refractivity contribution in [2.24, 2.45) is 0 Å². The molecule has 3 heterocycles. The van der Waals surface area contributed by atoms with Crippen LogP contribution in [0.1, 0.15) is 22.3 Å². The molecule has 0 spiro atoms. The Kier molecular flexibility index (Phi) is 4.62. The average molecular weight is 447 g/mol. The average Bonchev–Trinajstić information content (AvgIpc) is 3.26. The summed E-state index contributed by atoms with van der Waals surface area (Å²) in [4.78, 5) is 33.6. The van der Waals surface area contributed by atoms with Crippen LogP contribution in [0.2, 0.25) is 0 Å². The van der Waals surface area contributed by atoms with Crippen LogP contribution in [0.5, 0.6) is 0 Å². The van der Waals surface area contributed by atoms with E-state index in [4.69, 9.17) is 4.98 Å². The number of carbonyl (C=O) groups excluding carboxylic acids is 2. The van der Waals surface area contributed by atoms with Gasteiger partial charge in [-0.25, -0.2) is 4.98 Å². The van der Waals surface area contributed by atoms with Crippen molar-refractivity contribution in [3.63, 3.8) is 0 Å². The van der Waals surface area contributed by atoms with Crippen molar-refractivity contribution >= 4 is 39.4 Å². The van der Waals surface area contributed by atoms with Crippen molar-refractivity contribution < 1.29 is 9.59 Å². The standard InChI is InChI=1S/C27H21N5O2/c1-28-27(34)17-6-10-24-23(15-17)31-26(20-12-13-29-22-5-3-2-4-19(20)22)32(24)18-8-9-21-16(14-18)7-11-25(33)30-21/h2-6,8-10,12-15H,7,11H2,1H3,(H,28,34)(H,30,33). The molecular formula is C27H21N5O2. The van der Waals surface area contributed by atoms with E-state index in [0.717, 1.165) is 50.3 Å². The maximum absolute atomic E-state index is 12.3. The number of aromatic nitrogens is 3. The number of aryl methyl sites for hydroxylation is 1. The fraction of sp³-hybridized carbons (Fsp3) is 0.111. The van der Waals surface area contributed by atoms with E-state index in [2.05, 4.69) is 26.3 Å². The maximum atomic E-state index is 12.3. The zero-order valence-electron chi connectivity index (χ0n) is 18.5. The third-order valence-electron chi connectivity index (χ3n) is 6.28.